The molecular formula is C40H58FN6O6P. The van der Waals surface area contributed by atoms with Gasteiger partial charge in [-0.1, -0.05) is 110 Å². The number of nitrogen functional groups attached to an aromatic ring is 1. The summed E-state index contributed by atoms with van der Waals surface area (Å²) in [6, 6.07) is 11.6. The molecule has 1 unspecified atom stereocenters. The Morgan fingerprint density at radius 2 is 1.65 bits per heavy atom. The largest absolute Gasteiger partial charge is 0.472 e. The average Bonchev–Trinajstić information content (AvgIpc) is 3.80. The number of phosphoric acid groups is 1. The number of ether oxygens (including phenoxy) is 2. The van der Waals surface area contributed by atoms with Gasteiger partial charge in [-0.3, -0.25) is 9.05 Å². The van der Waals surface area contributed by atoms with Crippen LogP contribution in [0.25, 0.3) is 5.52 Å². The number of rotatable bonds is 27. The van der Waals surface area contributed by atoms with Crippen LogP contribution in [-0.2, 0) is 29.7 Å². The Labute approximate surface area is 319 Å². The van der Waals surface area contributed by atoms with E-state index in [0.717, 1.165) is 31.7 Å². The molecule has 0 saturated carbocycles. The predicted molar refractivity (Wildman–Crippen MR) is 204 cm³/mol. The fourth-order valence-corrected chi connectivity index (χ4v) is 7.75. The Hall–Kier alpha value is -3.42. The van der Waals surface area contributed by atoms with Crippen LogP contribution in [0.15, 0.2) is 36.7 Å². The van der Waals surface area contributed by atoms with Crippen molar-refractivity contribution in [1.82, 2.24) is 14.6 Å². The van der Waals surface area contributed by atoms with Gasteiger partial charge in [-0.05, 0) is 55.2 Å². The van der Waals surface area contributed by atoms with Gasteiger partial charge in [-0.15, -0.1) is 0 Å². The highest BCUT2D eigenvalue weighted by Gasteiger charge is 2.44. The molecule has 4 rings (SSSR count). The van der Waals surface area contributed by atoms with Crippen LogP contribution in [0, 0.1) is 28.5 Å². The standard InChI is InChI=1S/C40H58FN6O6P/c1-2-3-4-5-6-7-8-9-10-11-12-13-14-15-16-17-18-35(50-27-33-23-32(26-42)24-34(41)25-33)28-51-54(48,49)52-30-40(29-43)22-21-38(53-40)36-19-20-37-39(44)45-31-46-47(36)37/h19-20,23-25,31,35,38H,2-18,21-22,27-28,30H2,1H3,(H,48,49)(H2,44,45,46)/t35-,38-,40-/m1/s1. The van der Waals surface area contributed by atoms with Crippen molar-refractivity contribution in [2.75, 3.05) is 18.9 Å². The van der Waals surface area contributed by atoms with Crippen molar-refractivity contribution in [3.05, 3.63) is 59.3 Å². The van der Waals surface area contributed by atoms with E-state index in [0.29, 0.717) is 35.4 Å². The third-order valence-electron chi connectivity index (χ3n) is 10.1. The highest BCUT2D eigenvalue weighted by Crippen LogP contribution is 2.47. The second-order valence-electron chi connectivity index (χ2n) is 14.5. The van der Waals surface area contributed by atoms with Crippen LogP contribution in [0.4, 0.5) is 10.2 Å². The number of fused-ring (bicyclic) bond motifs is 1. The summed E-state index contributed by atoms with van der Waals surface area (Å²) in [4.78, 5) is 14.6. The van der Waals surface area contributed by atoms with Crippen molar-refractivity contribution >= 4 is 19.2 Å². The molecule has 1 aliphatic heterocycles. The highest BCUT2D eigenvalue weighted by atomic mass is 31.2. The zero-order valence-corrected chi connectivity index (χ0v) is 32.7. The molecule has 0 bridgehead atoms. The monoisotopic (exact) mass is 768 g/mol. The van der Waals surface area contributed by atoms with Gasteiger partial charge >= 0.3 is 7.82 Å². The van der Waals surface area contributed by atoms with Crippen LogP contribution in [0.5, 0.6) is 0 Å². The molecule has 3 N–H and O–H groups in total. The SMILES string of the molecule is CCCCCCCCCCCCCCCCCC[C@H](COP(=O)(O)OC[C@]1(C#N)CC[C@H](c2ccc3c(N)ncnn23)O1)OCc1cc(F)cc(C#N)c1. The lowest BCUT2D eigenvalue weighted by Crippen LogP contribution is -2.32. The second kappa shape index (κ2) is 22.8. The number of hydrogen-bond acceptors (Lipinski definition) is 10. The third-order valence-corrected chi connectivity index (χ3v) is 11.0. The Kier molecular flexibility index (Phi) is 18.3. The molecule has 54 heavy (non-hydrogen) atoms. The summed E-state index contributed by atoms with van der Waals surface area (Å²) in [5, 5.41) is 23.5. The maximum Gasteiger partial charge on any atom is 0.472 e. The van der Waals surface area contributed by atoms with Gasteiger partial charge in [0.25, 0.3) is 0 Å². The molecule has 3 heterocycles. The van der Waals surface area contributed by atoms with E-state index in [-0.39, 0.29) is 25.2 Å². The normalized spacial score (nSPS) is 18.7. The molecule has 296 valence electrons. The fourth-order valence-electron chi connectivity index (χ4n) is 6.95. The number of nitrogens with two attached hydrogens (primary N) is 1. The molecule has 1 saturated heterocycles. The van der Waals surface area contributed by atoms with E-state index < -0.39 is 38.1 Å². The predicted octanol–water partition coefficient (Wildman–Crippen LogP) is 9.81. The summed E-state index contributed by atoms with van der Waals surface area (Å²) in [5.74, 6) is -0.237. The molecular weight excluding hydrogens is 710 g/mol. The summed E-state index contributed by atoms with van der Waals surface area (Å²) >= 11 is 0. The number of unbranched alkanes of at least 4 members (excludes halogenated alkanes) is 15. The molecule has 3 aromatic rings. The molecule has 1 aromatic carbocycles. The van der Waals surface area contributed by atoms with E-state index >= 15 is 0 Å². The zero-order valence-electron chi connectivity index (χ0n) is 31.8. The summed E-state index contributed by atoms with van der Waals surface area (Å²) in [7, 11) is -4.63. The molecule has 0 amide bonds. The van der Waals surface area contributed by atoms with Crippen LogP contribution >= 0.6 is 7.82 Å². The third kappa shape index (κ3) is 14.3. The van der Waals surface area contributed by atoms with Gasteiger partial charge in [0.2, 0.25) is 0 Å². The Bertz CT molecular complexity index is 1710. The Morgan fingerprint density at radius 1 is 1.00 bits per heavy atom. The molecule has 1 aliphatic rings. The van der Waals surface area contributed by atoms with Gasteiger partial charge in [-0.2, -0.15) is 15.6 Å². The van der Waals surface area contributed by atoms with E-state index in [1.54, 1.807) is 22.7 Å². The molecule has 1 fully saturated rings. The number of nitrogens with zero attached hydrogens (tertiary/aromatic N) is 5. The lowest BCUT2D eigenvalue weighted by Gasteiger charge is -2.24. The number of anilines is 1. The van der Waals surface area contributed by atoms with Crippen LogP contribution in [-0.4, -0.2) is 44.4 Å². The number of halogens is 1. The van der Waals surface area contributed by atoms with E-state index in [4.69, 9.17) is 24.3 Å². The minimum atomic E-state index is -4.63. The Morgan fingerprint density at radius 3 is 2.28 bits per heavy atom. The smallest absolute Gasteiger partial charge is 0.382 e. The summed E-state index contributed by atoms with van der Waals surface area (Å²) in [6.45, 7) is 1.50. The minimum Gasteiger partial charge on any atom is -0.382 e. The fraction of sp³-hybridized carbons (Fsp3) is 0.650. The lowest BCUT2D eigenvalue weighted by atomic mass is 10.0. The first-order chi connectivity index (χ1) is 26.2. The molecule has 0 aliphatic carbocycles. The van der Waals surface area contributed by atoms with E-state index in [1.807, 2.05) is 6.07 Å². The van der Waals surface area contributed by atoms with Crippen molar-refractivity contribution in [2.24, 2.45) is 0 Å². The molecule has 0 radical (unpaired) electrons. The Balaban J connectivity index is 1.20. The number of phosphoric ester groups is 1. The van der Waals surface area contributed by atoms with Gasteiger partial charge in [0.05, 0.1) is 36.6 Å². The molecule has 14 heteroatoms. The van der Waals surface area contributed by atoms with Crippen LogP contribution in [0.3, 0.4) is 0 Å². The van der Waals surface area contributed by atoms with Crippen LogP contribution in [0.2, 0.25) is 0 Å². The molecule has 12 nitrogen and oxygen atoms in total. The maximum absolute atomic E-state index is 14.1. The van der Waals surface area contributed by atoms with Crippen molar-refractivity contribution in [3.8, 4) is 12.1 Å². The maximum atomic E-state index is 14.1. The van der Waals surface area contributed by atoms with E-state index in [9.17, 15) is 24.4 Å². The summed E-state index contributed by atoms with van der Waals surface area (Å²) in [6.07, 6.45) is 21.4. The van der Waals surface area contributed by atoms with Crippen molar-refractivity contribution in [1.29, 1.82) is 10.5 Å². The van der Waals surface area contributed by atoms with Crippen molar-refractivity contribution in [3.63, 3.8) is 0 Å². The topological polar surface area (TPSA) is 178 Å². The van der Waals surface area contributed by atoms with Gasteiger partial charge < -0.3 is 20.1 Å². The number of aromatic nitrogens is 3. The van der Waals surface area contributed by atoms with E-state index in [2.05, 4.69) is 23.1 Å². The molecule has 2 aromatic heterocycles. The lowest BCUT2D eigenvalue weighted by molar-refractivity contribution is -0.0449. The number of benzene rings is 1. The first-order valence-corrected chi connectivity index (χ1v) is 21.3. The average molecular weight is 769 g/mol. The highest BCUT2D eigenvalue weighted by molar-refractivity contribution is 7.47. The van der Waals surface area contributed by atoms with Crippen molar-refractivity contribution in [2.45, 2.75) is 153 Å². The van der Waals surface area contributed by atoms with Gasteiger partial charge in [-0.25, -0.2) is 18.5 Å². The first-order valence-electron chi connectivity index (χ1n) is 19.8. The molecule has 0 spiro atoms. The minimum absolute atomic E-state index is 0.00628. The van der Waals surface area contributed by atoms with Crippen LogP contribution < -0.4 is 5.73 Å². The summed E-state index contributed by atoms with van der Waals surface area (Å²) < 4.78 is 51.5. The van der Waals surface area contributed by atoms with Gasteiger partial charge in [0, 0.05) is 0 Å². The van der Waals surface area contributed by atoms with Crippen LogP contribution in [0.1, 0.15) is 152 Å². The molecule has 4 atom stereocenters. The zero-order chi connectivity index (χ0) is 38.7. The second-order valence-corrected chi connectivity index (χ2v) is 15.9. The first kappa shape index (κ1) is 43.3. The number of hydrogen-bond donors (Lipinski definition) is 2. The van der Waals surface area contributed by atoms with E-state index in [1.165, 1.54) is 89.4 Å². The number of nitriles is 2. The summed E-state index contributed by atoms with van der Waals surface area (Å²) in [5.41, 5.74) is 6.41. The van der Waals surface area contributed by atoms with Gasteiger partial charge in [0.15, 0.2) is 11.4 Å². The van der Waals surface area contributed by atoms with Gasteiger partial charge in [0.1, 0.15) is 36.4 Å². The van der Waals surface area contributed by atoms with Crippen molar-refractivity contribution < 1.29 is 32.4 Å². The quantitative estimate of drug-likeness (QED) is 0.0557.